The van der Waals surface area contributed by atoms with Crippen molar-refractivity contribution in [3.05, 3.63) is 63.7 Å². The van der Waals surface area contributed by atoms with Gasteiger partial charge in [0.25, 0.3) is 0 Å². The Labute approximate surface area is 176 Å². The first-order chi connectivity index (χ1) is 13.1. The third-order valence-corrected chi connectivity index (χ3v) is 6.18. The van der Waals surface area contributed by atoms with E-state index < -0.39 is 0 Å². The van der Waals surface area contributed by atoms with Gasteiger partial charge in [-0.25, -0.2) is 9.37 Å². The minimum Gasteiger partial charge on any atom is -0.325 e. The van der Waals surface area contributed by atoms with E-state index in [1.54, 1.807) is 12.1 Å². The molecule has 6 heteroatoms. The van der Waals surface area contributed by atoms with Gasteiger partial charge in [-0.05, 0) is 79.7 Å². The Hall–Kier alpha value is -1.49. The summed E-state index contributed by atoms with van der Waals surface area (Å²) in [7, 11) is 0. The highest BCUT2D eigenvalue weighted by Crippen LogP contribution is 2.43. The molecule has 28 heavy (non-hydrogen) atoms. The van der Waals surface area contributed by atoms with E-state index in [0.29, 0.717) is 28.7 Å². The Morgan fingerprint density at radius 2 is 1.64 bits per heavy atom. The zero-order chi connectivity index (χ0) is 19.0. The number of pyridine rings is 1. The highest BCUT2D eigenvalue weighted by molar-refractivity contribution is 6.30. The molecule has 2 fully saturated rings. The predicted octanol–water partition coefficient (Wildman–Crippen LogP) is 5.79. The lowest BCUT2D eigenvalue weighted by Gasteiger charge is -2.28. The summed E-state index contributed by atoms with van der Waals surface area (Å²) in [6.07, 6.45) is 5.42. The molecule has 2 aliphatic rings. The SMILES string of the molecule is Cl.NCc1ccc(C2CC2)c(C(=O)C2CCC(c3ccc(Cl)cc3F)CC2)n1. The highest BCUT2D eigenvalue weighted by Gasteiger charge is 2.34. The number of carbonyl (C=O) groups excluding carboxylic acids is 1. The number of halogens is 3. The number of nitrogens with zero attached hydrogens (tertiary/aromatic N) is 1. The summed E-state index contributed by atoms with van der Waals surface area (Å²) in [4.78, 5) is 17.8. The number of Topliss-reactive ketones (excluding diaryl/α,β-unsaturated/α-hetero) is 1. The van der Waals surface area contributed by atoms with Crippen molar-refractivity contribution in [2.24, 2.45) is 11.7 Å². The van der Waals surface area contributed by atoms with Gasteiger partial charge in [0.1, 0.15) is 11.5 Å². The van der Waals surface area contributed by atoms with Crippen LogP contribution in [-0.2, 0) is 6.54 Å². The molecule has 4 rings (SSSR count). The smallest absolute Gasteiger partial charge is 0.184 e. The molecular weight excluding hydrogens is 398 g/mol. The van der Waals surface area contributed by atoms with Gasteiger partial charge in [-0.1, -0.05) is 23.7 Å². The minimum absolute atomic E-state index is 0. The minimum atomic E-state index is -0.245. The summed E-state index contributed by atoms with van der Waals surface area (Å²) in [6, 6.07) is 8.86. The van der Waals surface area contributed by atoms with E-state index in [4.69, 9.17) is 17.3 Å². The fraction of sp³-hybridized carbons (Fsp3) is 0.455. The van der Waals surface area contributed by atoms with Gasteiger partial charge >= 0.3 is 0 Å². The number of benzene rings is 1. The Balaban J connectivity index is 0.00000225. The first kappa shape index (κ1) is 21.2. The van der Waals surface area contributed by atoms with Crippen molar-refractivity contribution in [1.82, 2.24) is 4.98 Å². The Morgan fingerprint density at radius 3 is 2.25 bits per heavy atom. The number of ketones is 1. The third-order valence-electron chi connectivity index (χ3n) is 5.94. The summed E-state index contributed by atoms with van der Waals surface area (Å²) in [6.45, 7) is 0.341. The molecule has 0 radical (unpaired) electrons. The molecule has 2 saturated carbocycles. The number of carbonyl (C=O) groups is 1. The molecular formula is C22H25Cl2FN2O. The maximum absolute atomic E-state index is 14.2. The summed E-state index contributed by atoms with van der Waals surface area (Å²) >= 11 is 5.86. The second kappa shape index (κ2) is 8.89. The predicted molar refractivity (Wildman–Crippen MR) is 112 cm³/mol. The third kappa shape index (κ3) is 4.40. The van der Waals surface area contributed by atoms with Crippen molar-refractivity contribution in [2.75, 3.05) is 0 Å². The van der Waals surface area contributed by atoms with E-state index in [2.05, 4.69) is 4.98 Å². The number of aromatic nitrogens is 1. The van der Waals surface area contributed by atoms with Gasteiger partial charge in [0, 0.05) is 17.5 Å². The van der Waals surface area contributed by atoms with E-state index in [1.807, 2.05) is 12.1 Å². The van der Waals surface area contributed by atoms with Crippen LogP contribution in [-0.4, -0.2) is 10.8 Å². The zero-order valence-electron chi connectivity index (χ0n) is 15.7. The Kier molecular flexibility index (Phi) is 6.74. The maximum Gasteiger partial charge on any atom is 0.184 e. The van der Waals surface area contributed by atoms with Crippen LogP contribution in [0.15, 0.2) is 30.3 Å². The van der Waals surface area contributed by atoms with Gasteiger partial charge in [-0.2, -0.15) is 0 Å². The van der Waals surface area contributed by atoms with E-state index in [0.717, 1.165) is 49.8 Å². The molecule has 2 aromatic rings. The summed E-state index contributed by atoms with van der Waals surface area (Å²) in [5, 5.41) is 0.415. The molecule has 1 aromatic heterocycles. The average Bonchev–Trinajstić information content (AvgIpc) is 3.52. The molecule has 0 unspecified atom stereocenters. The summed E-state index contributed by atoms with van der Waals surface area (Å²) < 4.78 is 14.2. The van der Waals surface area contributed by atoms with E-state index in [-0.39, 0.29) is 35.8 Å². The van der Waals surface area contributed by atoms with E-state index in [1.165, 1.54) is 6.07 Å². The van der Waals surface area contributed by atoms with Gasteiger partial charge in [-0.15, -0.1) is 12.4 Å². The topological polar surface area (TPSA) is 56.0 Å². The molecule has 0 atom stereocenters. The second-order valence-electron chi connectivity index (χ2n) is 7.80. The molecule has 2 N–H and O–H groups in total. The molecule has 0 saturated heterocycles. The summed E-state index contributed by atoms with van der Waals surface area (Å²) in [5.41, 5.74) is 8.92. The van der Waals surface area contributed by atoms with Crippen LogP contribution >= 0.6 is 24.0 Å². The van der Waals surface area contributed by atoms with Crippen molar-refractivity contribution in [1.29, 1.82) is 0 Å². The largest absolute Gasteiger partial charge is 0.325 e. The van der Waals surface area contributed by atoms with Crippen LogP contribution in [0.25, 0.3) is 0 Å². The van der Waals surface area contributed by atoms with Crippen LogP contribution in [0.1, 0.15) is 77.7 Å². The van der Waals surface area contributed by atoms with Crippen LogP contribution in [0.5, 0.6) is 0 Å². The molecule has 0 bridgehead atoms. The lowest BCUT2D eigenvalue weighted by Crippen LogP contribution is -2.24. The van der Waals surface area contributed by atoms with E-state index >= 15 is 0 Å². The monoisotopic (exact) mass is 422 g/mol. The Morgan fingerprint density at radius 1 is 1.04 bits per heavy atom. The normalized spacial score (nSPS) is 21.8. The van der Waals surface area contributed by atoms with Crippen molar-refractivity contribution in [3.8, 4) is 0 Å². The van der Waals surface area contributed by atoms with Gasteiger partial charge in [0.2, 0.25) is 0 Å². The van der Waals surface area contributed by atoms with Crippen molar-refractivity contribution < 1.29 is 9.18 Å². The lowest BCUT2D eigenvalue weighted by atomic mass is 9.76. The fourth-order valence-electron chi connectivity index (χ4n) is 4.24. The first-order valence-corrected chi connectivity index (χ1v) is 10.1. The van der Waals surface area contributed by atoms with Crippen LogP contribution in [0, 0.1) is 11.7 Å². The van der Waals surface area contributed by atoms with Crippen molar-refractivity contribution in [2.45, 2.75) is 56.9 Å². The van der Waals surface area contributed by atoms with Gasteiger partial charge in [0.15, 0.2) is 5.78 Å². The number of hydrogen-bond donors (Lipinski definition) is 1. The van der Waals surface area contributed by atoms with Crippen LogP contribution < -0.4 is 5.73 Å². The molecule has 1 heterocycles. The fourth-order valence-corrected chi connectivity index (χ4v) is 4.40. The molecule has 0 aliphatic heterocycles. The molecule has 0 amide bonds. The number of hydrogen-bond acceptors (Lipinski definition) is 3. The maximum atomic E-state index is 14.2. The molecule has 0 spiro atoms. The average molecular weight is 423 g/mol. The number of nitrogens with two attached hydrogens (primary N) is 1. The van der Waals surface area contributed by atoms with Crippen molar-refractivity contribution >= 4 is 29.8 Å². The van der Waals surface area contributed by atoms with Crippen LogP contribution in [0.4, 0.5) is 4.39 Å². The van der Waals surface area contributed by atoms with Gasteiger partial charge < -0.3 is 5.73 Å². The Bertz CT molecular complexity index is 862. The molecule has 3 nitrogen and oxygen atoms in total. The molecule has 1 aromatic carbocycles. The molecule has 2 aliphatic carbocycles. The van der Waals surface area contributed by atoms with Crippen molar-refractivity contribution in [3.63, 3.8) is 0 Å². The highest BCUT2D eigenvalue weighted by atomic mass is 35.5. The quantitative estimate of drug-likeness (QED) is 0.620. The first-order valence-electron chi connectivity index (χ1n) is 9.76. The second-order valence-corrected chi connectivity index (χ2v) is 8.23. The van der Waals surface area contributed by atoms with Gasteiger partial charge in [0.05, 0.1) is 5.69 Å². The standard InChI is InChI=1S/C22H24ClFN2O.ClH/c23-16-7-9-18(20(24)11-16)13-3-5-15(6-4-13)22(27)21-19(14-1-2-14)10-8-17(12-25)26-21;/h7-11,13-15H,1-6,12,25H2;1H. The van der Waals surface area contributed by atoms with Crippen LogP contribution in [0.3, 0.4) is 0 Å². The van der Waals surface area contributed by atoms with E-state index in [9.17, 15) is 9.18 Å². The van der Waals surface area contributed by atoms with Gasteiger partial charge in [-0.3, -0.25) is 4.79 Å². The number of rotatable bonds is 5. The molecule has 150 valence electrons. The summed E-state index contributed by atoms with van der Waals surface area (Å²) in [5.74, 6) is 0.489. The zero-order valence-corrected chi connectivity index (χ0v) is 17.2. The lowest BCUT2D eigenvalue weighted by molar-refractivity contribution is 0.0877. The van der Waals surface area contributed by atoms with Crippen LogP contribution in [0.2, 0.25) is 5.02 Å².